The lowest BCUT2D eigenvalue weighted by molar-refractivity contribution is -0.162. The summed E-state index contributed by atoms with van der Waals surface area (Å²) in [4.78, 5) is 39.7. The van der Waals surface area contributed by atoms with E-state index < -0.39 is 6.10 Å². The van der Waals surface area contributed by atoms with Gasteiger partial charge in [-0.15, -0.1) is 0 Å². The predicted octanol–water partition coefficient (Wildman–Crippen LogP) is 0.559. The Labute approximate surface area is 162 Å². The molecular weight excluding hydrogens is 368 g/mol. The molecule has 0 N–H and O–H groups in total. The second kappa shape index (κ2) is 7.67. The Balaban J connectivity index is 1.32. The third-order valence-corrected chi connectivity index (χ3v) is 5.13. The van der Waals surface area contributed by atoms with Gasteiger partial charge in [0.15, 0.2) is 17.6 Å². The highest BCUT2D eigenvalue weighted by Crippen LogP contribution is 2.35. The molecule has 0 saturated carbocycles. The van der Waals surface area contributed by atoms with Crippen molar-refractivity contribution in [2.24, 2.45) is 0 Å². The summed E-state index contributed by atoms with van der Waals surface area (Å²) in [5, 5.41) is 0. The number of carbonyl (C=O) groups excluding carboxylic acids is 3. The topological polar surface area (TPSA) is 94.6 Å². The summed E-state index contributed by atoms with van der Waals surface area (Å²) in [6.07, 6.45) is 0.448. The minimum atomic E-state index is -0.663. The van der Waals surface area contributed by atoms with Crippen molar-refractivity contribution in [3.05, 3.63) is 18.2 Å². The van der Waals surface area contributed by atoms with E-state index in [1.807, 2.05) is 0 Å². The summed E-state index contributed by atoms with van der Waals surface area (Å²) < 4.78 is 21.3. The molecule has 0 bridgehead atoms. The summed E-state index contributed by atoms with van der Waals surface area (Å²) in [7, 11) is 0. The van der Waals surface area contributed by atoms with Gasteiger partial charge >= 0.3 is 0 Å². The second-order valence-corrected chi connectivity index (χ2v) is 6.98. The molecule has 2 fully saturated rings. The first-order valence-corrected chi connectivity index (χ1v) is 9.30. The van der Waals surface area contributed by atoms with Crippen LogP contribution in [0.25, 0.3) is 0 Å². The van der Waals surface area contributed by atoms with Gasteiger partial charge in [-0.25, -0.2) is 0 Å². The number of hydrogen-bond donors (Lipinski definition) is 0. The highest BCUT2D eigenvalue weighted by atomic mass is 16.7. The molecule has 0 aliphatic carbocycles. The van der Waals surface area contributed by atoms with Crippen LogP contribution in [0.3, 0.4) is 0 Å². The molecule has 0 radical (unpaired) electrons. The van der Waals surface area contributed by atoms with Gasteiger partial charge in [0.1, 0.15) is 19.0 Å². The van der Waals surface area contributed by atoms with E-state index in [0.717, 1.165) is 0 Å². The minimum Gasteiger partial charge on any atom is -0.481 e. The fraction of sp³-hybridized carbons (Fsp3) is 0.526. The molecule has 3 aliphatic rings. The number of imide groups is 1. The summed E-state index contributed by atoms with van der Waals surface area (Å²) in [6.45, 7) is 2.69. The Hall–Kier alpha value is -2.81. The first kappa shape index (κ1) is 18.5. The SMILES string of the molecule is C[C@@H](Oc1ccc2c(c1)OCO2)C(=O)N1CCC(N2C(=O)COCC2=O)CC1. The van der Waals surface area contributed by atoms with Gasteiger partial charge in [0.2, 0.25) is 6.79 Å². The van der Waals surface area contributed by atoms with Crippen LogP contribution in [0.15, 0.2) is 18.2 Å². The van der Waals surface area contributed by atoms with Crippen LogP contribution in [0.5, 0.6) is 17.2 Å². The van der Waals surface area contributed by atoms with Crippen molar-refractivity contribution < 1.29 is 33.3 Å². The number of rotatable bonds is 4. The van der Waals surface area contributed by atoms with Gasteiger partial charge in [-0.2, -0.15) is 0 Å². The molecule has 1 atom stereocenters. The lowest BCUT2D eigenvalue weighted by atomic mass is 10.0. The highest BCUT2D eigenvalue weighted by molar-refractivity contribution is 5.98. The van der Waals surface area contributed by atoms with Gasteiger partial charge in [0.25, 0.3) is 17.7 Å². The fourth-order valence-electron chi connectivity index (χ4n) is 3.72. The van der Waals surface area contributed by atoms with E-state index in [1.165, 1.54) is 4.90 Å². The maximum Gasteiger partial charge on any atom is 0.263 e. The number of likely N-dealkylation sites (tertiary alicyclic amines) is 1. The molecule has 3 amide bonds. The lowest BCUT2D eigenvalue weighted by Gasteiger charge is -2.39. The monoisotopic (exact) mass is 390 g/mol. The Morgan fingerprint density at radius 1 is 1.11 bits per heavy atom. The van der Waals surface area contributed by atoms with E-state index in [1.54, 1.807) is 30.0 Å². The lowest BCUT2D eigenvalue weighted by Crippen LogP contribution is -2.56. The minimum absolute atomic E-state index is 0.0642. The van der Waals surface area contributed by atoms with E-state index in [9.17, 15) is 14.4 Å². The van der Waals surface area contributed by atoms with Crippen molar-refractivity contribution in [2.75, 3.05) is 33.1 Å². The molecule has 2 saturated heterocycles. The number of piperidine rings is 1. The van der Waals surface area contributed by atoms with Gasteiger partial charge < -0.3 is 23.8 Å². The molecule has 1 aromatic carbocycles. The van der Waals surface area contributed by atoms with E-state index in [2.05, 4.69) is 0 Å². The van der Waals surface area contributed by atoms with Crippen LogP contribution in [0.4, 0.5) is 0 Å². The Morgan fingerprint density at radius 3 is 2.50 bits per heavy atom. The average molecular weight is 390 g/mol. The number of benzene rings is 1. The Bertz CT molecular complexity index is 772. The summed E-state index contributed by atoms with van der Waals surface area (Å²) in [6, 6.07) is 5.00. The van der Waals surface area contributed by atoms with Crippen LogP contribution in [0.1, 0.15) is 19.8 Å². The van der Waals surface area contributed by atoms with Crippen molar-refractivity contribution in [2.45, 2.75) is 31.9 Å². The molecule has 150 valence electrons. The Kier molecular flexibility index (Phi) is 5.08. The number of nitrogens with zero attached hydrogens (tertiary/aromatic N) is 2. The summed E-state index contributed by atoms with van der Waals surface area (Å²) in [5.41, 5.74) is 0. The smallest absolute Gasteiger partial charge is 0.263 e. The van der Waals surface area contributed by atoms with E-state index in [0.29, 0.717) is 43.2 Å². The standard InChI is InChI=1S/C19H22N2O7/c1-12(28-14-2-3-15-16(8-14)27-11-26-15)19(24)20-6-4-13(5-7-20)21-17(22)9-25-10-18(21)23/h2-3,8,12-13H,4-7,9-11H2,1H3/t12-/m1/s1. The number of amides is 3. The second-order valence-electron chi connectivity index (χ2n) is 6.98. The van der Waals surface area contributed by atoms with Gasteiger partial charge in [-0.1, -0.05) is 0 Å². The van der Waals surface area contributed by atoms with Crippen LogP contribution in [-0.4, -0.2) is 72.8 Å². The molecule has 4 rings (SSSR count). The first-order chi connectivity index (χ1) is 13.5. The van der Waals surface area contributed by atoms with Crippen molar-refractivity contribution >= 4 is 17.7 Å². The summed E-state index contributed by atoms with van der Waals surface area (Å²) in [5.74, 6) is 1.04. The van der Waals surface area contributed by atoms with Crippen LogP contribution < -0.4 is 14.2 Å². The molecule has 0 unspecified atom stereocenters. The van der Waals surface area contributed by atoms with Crippen LogP contribution in [-0.2, 0) is 19.1 Å². The molecule has 9 nitrogen and oxygen atoms in total. The first-order valence-electron chi connectivity index (χ1n) is 9.30. The third-order valence-electron chi connectivity index (χ3n) is 5.13. The number of ether oxygens (including phenoxy) is 4. The largest absolute Gasteiger partial charge is 0.481 e. The van der Waals surface area contributed by atoms with Crippen LogP contribution >= 0.6 is 0 Å². The zero-order valence-corrected chi connectivity index (χ0v) is 15.6. The average Bonchev–Trinajstić information content (AvgIpc) is 3.15. The van der Waals surface area contributed by atoms with Gasteiger partial charge in [0.05, 0.1) is 0 Å². The van der Waals surface area contributed by atoms with Gasteiger partial charge in [-0.3, -0.25) is 19.3 Å². The molecule has 9 heteroatoms. The predicted molar refractivity (Wildman–Crippen MR) is 94.9 cm³/mol. The molecule has 28 heavy (non-hydrogen) atoms. The van der Waals surface area contributed by atoms with Gasteiger partial charge in [-0.05, 0) is 31.9 Å². The maximum atomic E-state index is 12.7. The molecule has 0 spiro atoms. The van der Waals surface area contributed by atoms with Crippen molar-refractivity contribution in [3.63, 3.8) is 0 Å². The molecule has 1 aromatic rings. The number of morpholine rings is 1. The molecule has 3 heterocycles. The maximum absolute atomic E-state index is 12.7. The third kappa shape index (κ3) is 3.62. The van der Waals surface area contributed by atoms with E-state index in [4.69, 9.17) is 18.9 Å². The van der Waals surface area contributed by atoms with Crippen LogP contribution in [0.2, 0.25) is 0 Å². The normalized spacial score (nSPS) is 21.0. The summed E-state index contributed by atoms with van der Waals surface area (Å²) >= 11 is 0. The van der Waals surface area contributed by atoms with Crippen molar-refractivity contribution in [1.29, 1.82) is 0 Å². The zero-order valence-electron chi connectivity index (χ0n) is 15.6. The molecule has 0 aromatic heterocycles. The number of carbonyl (C=O) groups is 3. The fourth-order valence-corrected chi connectivity index (χ4v) is 3.72. The molecular formula is C19H22N2O7. The van der Waals surface area contributed by atoms with Crippen LogP contribution in [0, 0.1) is 0 Å². The quantitative estimate of drug-likeness (QED) is 0.693. The Morgan fingerprint density at radius 2 is 1.79 bits per heavy atom. The van der Waals surface area contributed by atoms with Crippen molar-refractivity contribution in [3.8, 4) is 17.2 Å². The van der Waals surface area contributed by atoms with Gasteiger partial charge in [0, 0.05) is 25.2 Å². The van der Waals surface area contributed by atoms with Crippen molar-refractivity contribution in [1.82, 2.24) is 9.80 Å². The number of fused-ring (bicyclic) bond motifs is 1. The number of hydrogen-bond acceptors (Lipinski definition) is 7. The highest BCUT2D eigenvalue weighted by Gasteiger charge is 2.36. The zero-order chi connectivity index (χ0) is 19.7. The molecule has 3 aliphatic heterocycles. The van der Waals surface area contributed by atoms with E-state index >= 15 is 0 Å². The van der Waals surface area contributed by atoms with E-state index in [-0.39, 0.29) is 43.8 Å².